The molecule has 268 valence electrons. The summed E-state index contributed by atoms with van der Waals surface area (Å²) in [6.07, 6.45) is 7.57. The predicted molar refractivity (Wildman–Crippen MR) is 213 cm³/mol. The second kappa shape index (κ2) is 13.1. The maximum Gasteiger partial charge on any atom is -1.00 e. The van der Waals surface area contributed by atoms with E-state index in [-0.39, 0.29) is 35.6 Å². The van der Waals surface area contributed by atoms with E-state index in [1.165, 1.54) is 60.8 Å². The minimum Gasteiger partial charge on any atom is -1.00 e. The third-order valence-electron chi connectivity index (χ3n) is 13.3. The number of fused-ring (bicyclic) bond motifs is 10. The fourth-order valence-electron chi connectivity index (χ4n) is 10.9. The van der Waals surface area contributed by atoms with Gasteiger partial charge < -0.3 is 24.8 Å². The van der Waals surface area contributed by atoms with Gasteiger partial charge in [0.15, 0.2) is 0 Å². The fourth-order valence-corrected chi connectivity index (χ4v) is 23.2. The molecule has 2 atom stereocenters. The second-order valence-corrected chi connectivity index (χ2v) is 28.4. The van der Waals surface area contributed by atoms with Crippen molar-refractivity contribution in [2.45, 2.75) is 125 Å². The van der Waals surface area contributed by atoms with Crippen LogP contribution in [0.25, 0.3) is 32.6 Å². The zero-order valence-electron chi connectivity index (χ0n) is 32.9. The van der Waals surface area contributed by atoms with E-state index in [0.717, 1.165) is 0 Å². The van der Waals surface area contributed by atoms with Crippen molar-refractivity contribution in [1.29, 1.82) is 0 Å². The SMILES string of the molecule is CC1=C2c3c(cc4c(c3-c3ccc(C(C)(C)C)cc3)CCC4)[CH]1[Hf+2][CH]1C(C)=C(c3c1cc1c(c3-c3ccc(C(C)(C)C)cc3)CCC1)[Si]2(C)C.[Cl-].[Cl-]. The average molecular weight is 908 g/mol. The molecule has 0 saturated heterocycles. The molecule has 0 fully saturated rings. The molecule has 0 amide bonds. The van der Waals surface area contributed by atoms with Gasteiger partial charge in [0.1, 0.15) is 0 Å². The van der Waals surface area contributed by atoms with E-state index in [0.29, 0.717) is 7.35 Å². The molecule has 5 aliphatic rings. The Balaban J connectivity index is 0.00000210. The smallest absolute Gasteiger partial charge is 1.00 e. The molecule has 1 heterocycles. The number of allylic oxidation sites excluding steroid dienone is 2. The van der Waals surface area contributed by atoms with Gasteiger partial charge in [0, 0.05) is 0 Å². The summed E-state index contributed by atoms with van der Waals surface area (Å²) in [4.78, 5) is 0. The zero-order chi connectivity index (χ0) is 35.1. The number of benzene rings is 4. The largest absolute Gasteiger partial charge is 1.00 e. The molecular weight excluding hydrogens is 854 g/mol. The summed E-state index contributed by atoms with van der Waals surface area (Å²) in [5, 5.41) is 3.62. The fraction of sp³-hybridized carbons (Fsp3) is 0.417. The van der Waals surface area contributed by atoms with Crippen LogP contribution in [0.5, 0.6) is 0 Å². The molecule has 2 unspecified atom stereocenters. The third kappa shape index (κ3) is 5.58. The summed E-state index contributed by atoms with van der Waals surface area (Å²) in [5.41, 5.74) is 26.5. The Kier molecular flexibility index (Phi) is 9.63. The normalized spacial score (nSPS) is 20.5. The third-order valence-corrected chi connectivity index (χ3v) is 24.8. The maximum atomic E-state index is 2.76. The van der Waals surface area contributed by atoms with Crippen LogP contribution in [0.3, 0.4) is 0 Å². The Bertz CT molecular complexity index is 2030. The van der Waals surface area contributed by atoms with Crippen molar-refractivity contribution in [3.8, 4) is 22.3 Å². The van der Waals surface area contributed by atoms with Crippen LogP contribution in [-0.2, 0) is 59.4 Å². The molecule has 0 nitrogen and oxygen atoms in total. The molecule has 0 radical (unpaired) electrons. The van der Waals surface area contributed by atoms with Crippen LogP contribution in [0.15, 0.2) is 71.8 Å². The molecule has 4 heteroatoms. The molecule has 52 heavy (non-hydrogen) atoms. The Morgan fingerprint density at radius 1 is 0.538 bits per heavy atom. The van der Waals surface area contributed by atoms with Gasteiger partial charge >= 0.3 is 316 Å². The van der Waals surface area contributed by atoms with E-state index >= 15 is 0 Å². The summed E-state index contributed by atoms with van der Waals surface area (Å²) in [7, 11) is -2.16. The Hall–Kier alpha value is -1.97. The number of aryl methyl sites for hydroxylation is 2. The molecule has 0 saturated carbocycles. The van der Waals surface area contributed by atoms with Crippen molar-refractivity contribution in [3.63, 3.8) is 0 Å². The zero-order valence-corrected chi connectivity index (χ0v) is 39.0. The quantitative estimate of drug-likeness (QED) is 0.194. The van der Waals surface area contributed by atoms with Crippen molar-refractivity contribution in [3.05, 3.63) is 127 Å². The first-order valence-corrected chi connectivity index (χ1v) is 26.6. The van der Waals surface area contributed by atoms with Crippen LogP contribution in [0.1, 0.15) is 131 Å². The molecule has 4 aliphatic carbocycles. The van der Waals surface area contributed by atoms with E-state index in [2.05, 4.69) is 129 Å². The van der Waals surface area contributed by atoms with E-state index in [9.17, 15) is 0 Å². The van der Waals surface area contributed by atoms with Gasteiger partial charge in [-0.3, -0.25) is 0 Å². The number of hydrogen-bond donors (Lipinski definition) is 0. The molecule has 0 N–H and O–H groups in total. The van der Waals surface area contributed by atoms with E-state index in [4.69, 9.17) is 0 Å². The second-order valence-electron chi connectivity index (χ2n) is 18.8. The minimum atomic E-state index is -2.16. The standard InChI is InChI=1S/C48H54Si.2ClH.Hf/c1-29-25-35-27-33-13-11-15-39(33)41(31-17-21-37(22-18-31)47(3,4)5)43(35)45(29)49(9,10)46-30(2)26-36-28-34-14-12-16-40(34)42(44(36)46)32-19-23-38(24-20-32)48(6,7)8;;;/h17-28H,11-16H2,1-10H3;2*1H;/q;;;+2/p-2. The van der Waals surface area contributed by atoms with E-state index in [1.54, 1.807) is 66.8 Å². The summed E-state index contributed by atoms with van der Waals surface area (Å²) < 4.78 is 1.39. The molecule has 4 aromatic carbocycles. The van der Waals surface area contributed by atoms with Gasteiger partial charge in [-0.05, 0) is 0 Å². The van der Waals surface area contributed by atoms with Crippen molar-refractivity contribution >= 4 is 18.5 Å². The van der Waals surface area contributed by atoms with Crippen molar-refractivity contribution in [1.82, 2.24) is 0 Å². The van der Waals surface area contributed by atoms with Gasteiger partial charge in [0.2, 0.25) is 0 Å². The summed E-state index contributed by atoms with van der Waals surface area (Å²) in [6.45, 7) is 24.8. The van der Waals surface area contributed by atoms with E-state index in [1.807, 2.05) is 10.4 Å². The summed E-state index contributed by atoms with van der Waals surface area (Å²) >= 11 is -1.27. The minimum absolute atomic E-state index is 0. The Morgan fingerprint density at radius 3 is 1.25 bits per heavy atom. The number of halogens is 2. The molecule has 9 rings (SSSR count). The number of hydrogen-bond acceptors (Lipinski definition) is 0. The molecular formula is C48H54Cl2HfSi. The number of rotatable bonds is 2. The van der Waals surface area contributed by atoms with Crippen LogP contribution in [0.2, 0.25) is 13.1 Å². The van der Waals surface area contributed by atoms with Gasteiger partial charge in [-0.2, -0.15) is 0 Å². The molecule has 4 bridgehead atoms. The Morgan fingerprint density at radius 2 is 0.904 bits per heavy atom. The topological polar surface area (TPSA) is 0 Å². The van der Waals surface area contributed by atoms with Crippen molar-refractivity contribution in [2.75, 3.05) is 0 Å². The van der Waals surface area contributed by atoms with Gasteiger partial charge in [-0.1, -0.05) is 0 Å². The Labute approximate surface area is 338 Å². The molecule has 0 spiro atoms. The average Bonchev–Trinajstić information content (AvgIpc) is 3.83. The van der Waals surface area contributed by atoms with Gasteiger partial charge in [-0.15, -0.1) is 0 Å². The monoisotopic (exact) mass is 908 g/mol. The van der Waals surface area contributed by atoms with Gasteiger partial charge in [-0.25, -0.2) is 0 Å². The predicted octanol–water partition coefficient (Wildman–Crippen LogP) is 6.84. The van der Waals surface area contributed by atoms with Crippen LogP contribution >= 0.6 is 0 Å². The maximum absolute atomic E-state index is 2.76. The first kappa shape index (κ1) is 38.3. The summed E-state index contributed by atoms with van der Waals surface area (Å²) in [5.74, 6) is 0. The molecule has 0 aromatic heterocycles. The van der Waals surface area contributed by atoms with Gasteiger partial charge in [0.05, 0.1) is 0 Å². The van der Waals surface area contributed by atoms with Crippen LogP contribution in [0, 0.1) is 0 Å². The first-order chi connectivity index (χ1) is 23.7. The molecule has 4 aromatic rings. The first-order valence-electron chi connectivity index (χ1n) is 19.4. The van der Waals surface area contributed by atoms with Gasteiger partial charge in [0.25, 0.3) is 0 Å². The molecule has 1 aliphatic heterocycles. The van der Waals surface area contributed by atoms with Crippen LogP contribution in [0.4, 0.5) is 0 Å². The van der Waals surface area contributed by atoms with E-state index < -0.39 is 31.0 Å². The van der Waals surface area contributed by atoms with Crippen LogP contribution < -0.4 is 24.8 Å². The summed E-state index contributed by atoms with van der Waals surface area (Å²) in [6, 6.07) is 25.2. The van der Waals surface area contributed by atoms with Crippen LogP contribution in [-0.4, -0.2) is 8.07 Å². The van der Waals surface area contributed by atoms with Crippen molar-refractivity contribution < 1.29 is 47.7 Å². The van der Waals surface area contributed by atoms with Crippen molar-refractivity contribution in [2.24, 2.45) is 0 Å².